The van der Waals surface area contributed by atoms with Gasteiger partial charge in [-0.05, 0) is 56.5 Å². The fourth-order valence-corrected chi connectivity index (χ4v) is 2.92. The highest BCUT2D eigenvalue weighted by Crippen LogP contribution is 2.20. The fourth-order valence-electron chi connectivity index (χ4n) is 2.92. The van der Waals surface area contributed by atoms with E-state index in [2.05, 4.69) is 15.6 Å². The van der Waals surface area contributed by atoms with E-state index in [0.717, 1.165) is 0 Å². The van der Waals surface area contributed by atoms with Crippen molar-refractivity contribution in [3.63, 3.8) is 0 Å². The van der Waals surface area contributed by atoms with Crippen molar-refractivity contribution in [2.45, 2.75) is 41.0 Å². The standard InChI is InChI=1S/C20H25N3O3/c1-11(2)10-17(25)22-15-6-8-16(9-7-15)23-20(26)19-12(3)18(14(5)24)13(4)21-19/h6-9,11,21H,10H2,1-5H3,(H,22,25)(H,23,26). The first kappa shape index (κ1) is 19.4. The smallest absolute Gasteiger partial charge is 0.272 e. The zero-order chi connectivity index (χ0) is 19.4. The zero-order valence-electron chi connectivity index (χ0n) is 15.8. The van der Waals surface area contributed by atoms with E-state index in [1.807, 2.05) is 13.8 Å². The topological polar surface area (TPSA) is 91.1 Å². The van der Waals surface area contributed by atoms with Crippen LogP contribution in [-0.2, 0) is 4.79 Å². The molecule has 6 heteroatoms. The Hall–Kier alpha value is -2.89. The molecule has 0 spiro atoms. The highest BCUT2D eigenvalue weighted by atomic mass is 16.2. The minimum absolute atomic E-state index is 0.0361. The van der Waals surface area contributed by atoms with Crippen LogP contribution in [0.4, 0.5) is 11.4 Å². The first-order valence-corrected chi connectivity index (χ1v) is 8.60. The van der Waals surface area contributed by atoms with E-state index in [9.17, 15) is 14.4 Å². The molecular weight excluding hydrogens is 330 g/mol. The lowest BCUT2D eigenvalue weighted by Crippen LogP contribution is -2.15. The molecule has 2 rings (SSSR count). The van der Waals surface area contributed by atoms with E-state index in [4.69, 9.17) is 0 Å². The summed E-state index contributed by atoms with van der Waals surface area (Å²) in [7, 11) is 0. The predicted octanol–water partition coefficient (Wildman–Crippen LogP) is 4.07. The number of hydrogen-bond donors (Lipinski definition) is 3. The Labute approximate surface area is 153 Å². The summed E-state index contributed by atoms with van der Waals surface area (Å²) in [6.45, 7) is 8.98. The molecule has 0 aliphatic rings. The number of nitrogens with one attached hydrogen (secondary N) is 3. The molecule has 138 valence electrons. The first-order chi connectivity index (χ1) is 12.2. The van der Waals surface area contributed by atoms with Crippen LogP contribution in [0.15, 0.2) is 24.3 Å². The number of aromatic nitrogens is 1. The summed E-state index contributed by atoms with van der Waals surface area (Å²) < 4.78 is 0. The van der Waals surface area contributed by atoms with Crippen LogP contribution in [0.5, 0.6) is 0 Å². The summed E-state index contributed by atoms with van der Waals surface area (Å²) >= 11 is 0. The van der Waals surface area contributed by atoms with Gasteiger partial charge < -0.3 is 15.6 Å². The van der Waals surface area contributed by atoms with Gasteiger partial charge in [0, 0.05) is 29.1 Å². The summed E-state index contributed by atoms with van der Waals surface area (Å²) in [5.74, 6) is -0.126. The van der Waals surface area contributed by atoms with Crippen LogP contribution in [0.3, 0.4) is 0 Å². The molecule has 0 aliphatic carbocycles. The quantitative estimate of drug-likeness (QED) is 0.682. The summed E-state index contributed by atoms with van der Waals surface area (Å²) in [5.41, 5.74) is 3.54. The molecule has 0 radical (unpaired) electrons. The Morgan fingerprint density at radius 1 is 1.00 bits per heavy atom. The number of hydrogen-bond acceptors (Lipinski definition) is 3. The van der Waals surface area contributed by atoms with Crippen molar-refractivity contribution >= 4 is 29.0 Å². The van der Waals surface area contributed by atoms with E-state index in [-0.39, 0.29) is 17.6 Å². The van der Waals surface area contributed by atoms with Gasteiger partial charge in [0.15, 0.2) is 5.78 Å². The Kier molecular flexibility index (Phi) is 5.97. The Balaban J connectivity index is 2.07. The van der Waals surface area contributed by atoms with Crippen molar-refractivity contribution in [3.8, 4) is 0 Å². The molecule has 0 unspecified atom stereocenters. The molecule has 2 amide bonds. The Bertz CT molecular complexity index is 833. The lowest BCUT2D eigenvalue weighted by molar-refractivity contribution is -0.116. The number of aryl methyl sites for hydroxylation is 1. The largest absolute Gasteiger partial charge is 0.354 e. The van der Waals surface area contributed by atoms with Gasteiger partial charge >= 0.3 is 0 Å². The van der Waals surface area contributed by atoms with Gasteiger partial charge in [0.25, 0.3) is 5.91 Å². The van der Waals surface area contributed by atoms with Gasteiger partial charge in [0.2, 0.25) is 5.91 Å². The molecule has 1 heterocycles. The van der Waals surface area contributed by atoms with Crippen molar-refractivity contribution in [1.82, 2.24) is 4.98 Å². The zero-order valence-corrected chi connectivity index (χ0v) is 15.8. The number of aromatic amines is 1. The number of amides is 2. The van der Waals surface area contributed by atoms with Crippen molar-refractivity contribution in [2.24, 2.45) is 5.92 Å². The molecule has 1 aromatic heterocycles. The first-order valence-electron chi connectivity index (χ1n) is 8.60. The maximum absolute atomic E-state index is 12.5. The Morgan fingerprint density at radius 2 is 1.54 bits per heavy atom. The van der Waals surface area contributed by atoms with E-state index in [1.54, 1.807) is 38.1 Å². The minimum atomic E-state index is -0.310. The summed E-state index contributed by atoms with van der Waals surface area (Å²) in [6, 6.07) is 6.92. The second-order valence-electron chi connectivity index (χ2n) is 6.86. The van der Waals surface area contributed by atoms with Crippen LogP contribution in [0.1, 0.15) is 59.3 Å². The summed E-state index contributed by atoms with van der Waals surface area (Å²) in [6.07, 6.45) is 0.461. The summed E-state index contributed by atoms with van der Waals surface area (Å²) in [5, 5.41) is 5.62. The van der Waals surface area contributed by atoms with Crippen LogP contribution >= 0.6 is 0 Å². The second-order valence-corrected chi connectivity index (χ2v) is 6.86. The van der Waals surface area contributed by atoms with Gasteiger partial charge in [-0.1, -0.05) is 13.8 Å². The fraction of sp³-hybridized carbons (Fsp3) is 0.350. The van der Waals surface area contributed by atoms with Gasteiger partial charge in [-0.15, -0.1) is 0 Å². The monoisotopic (exact) mass is 355 g/mol. The maximum Gasteiger partial charge on any atom is 0.272 e. The van der Waals surface area contributed by atoms with Crippen LogP contribution in [0.2, 0.25) is 0 Å². The van der Waals surface area contributed by atoms with Gasteiger partial charge in [-0.25, -0.2) is 0 Å². The molecule has 3 N–H and O–H groups in total. The Morgan fingerprint density at radius 3 is 2.00 bits per heavy atom. The second kappa shape index (κ2) is 7.99. The number of ketones is 1. The number of carbonyl (C=O) groups excluding carboxylic acids is 3. The number of Topliss-reactive ketones (excluding diaryl/α,β-unsaturated/α-hetero) is 1. The lowest BCUT2D eigenvalue weighted by Gasteiger charge is -2.09. The van der Waals surface area contributed by atoms with Crippen LogP contribution in [0, 0.1) is 19.8 Å². The molecule has 0 saturated carbocycles. The third kappa shape index (κ3) is 4.59. The molecule has 0 aliphatic heterocycles. The highest BCUT2D eigenvalue weighted by Gasteiger charge is 2.19. The predicted molar refractivity (Wildman–Crippen MR) is 103 cm³/mol. The maximum atomic E-state index is 12.5. The SMILES string of the molecule is CC(=O)c1c(C)[nH]c(C(=O)Nc2ccc(NC(=O)CC(C)C)cc2)c1C. The van der Waals surface area contributed by atoms with Crippen molar-refractivity contribution in [1.29, 1.82) is 0 Å². The van der Waals surface area contributed by atoms with Gasteiger partial charge in [-0.3, -0.25) is 14.4 Å². The van der Waals surface area contributed by atoms with Crippen molar-refractivity contribution < 1.29 is 14.4 Å². The average molecular weight is 355 g/mol. The highest BCUT2D eigenvalue weighted by molar-refractivity contribution is 6.07. The molecular formula is C20H25N3O3. The molecule has 6 nitrogen and oxygen atoms in total. The number of benzene rings is 1. The van der Waals surface area contributed by atoms with Crippen LogP contribution in [0.25, 0.3) is 0 Å². The lowest BCUT2D eigenvalue weighted by atomic mass is 10.1. The normalized spacial score (nSPS) is 10.7. The van der Waals surface area contributed by atoms with E-state index >= 15 is 0 Å². The van der Waals surface area contributed by atoms with Gasteiger partial charge in [0.1, 0.15) is 5.69 Å². The minimum Gasteiger partial charge on any atom is -0.354 e. The molecule has 0 fully saturated rings. The molecule has 2 aromatic rings. The van der Waals surface area contributed by atoms with Crippen molar-refractivity contribution in [3.05, 3.63) is 46.8 Å². The molecule has 0 saturated heterocycles. The number of rotatable bonds is 6. The van der Waals surface area contributed by atoms with E-state index in [1.165, 1.54) is 6.92 Å². The molecule has 26 heavy (non-hydrogen) atoms. The molecule has 1 aromatic carbocycles. The number of anilines is 2. The van der Waals surface area contributed by atoms with Gasteiger partial charge in [0.05, 0.1) is 0 Å². The average Bonchev–Trinajstić information content (AvgIpc) is 2.83. The number of carbonyl (C=O) groups is 3. The van der Waals surface area contributed by atoms with Gasteiger partial charge in [-0.2, -0.15) is 0 Å². The third-order valence-corrected chi connectivity index (χ3v) is 4.04. The van der Waals surface area contributed by atoms with Crippen molar-refractivity contribution in [2.75, 3.05) is 10.6 Å². The van der Waals surface area contributed by atoms with Crippen LogP contribution < -0.4 is 10.6 Å². The number of H-pyrrole nitrogens is 1. The molecule has 0 bridgehead atoms. The van der Waals surface area contributed by atoms with Crippen LogP contribution in [-0.4, -0.2) is 22.6 Å². The third-order valence-electron chi connectivity index (χ3n) is 4.04. The van der Waals surface area contributed by atoms with E-state index < -0.39 is 0 Å². The summed E-state index contributed by atoms with van der Waals surface area (Å²) in [4.78, 5) is 38.9. The molecule has 0 atom stereocenters. The van der Waals surface area contributed by atoms with E-state index in [0.29, 0.717) is 46.2 Å².